The monoisotopic (exact) mass is 155 g/mol. The molecule has 0 radical (unpaired) electrons. The maximum absolute atomic E-state index is 11.4. The zero-order valence-electron chi connectivity index (χ0n) is 5.61. The summed E-state index contributed by atoms with van der Waals surface area (Å²) in [5.74, 6) is -0.549. The normalized spacial score (nSPS) is 13.5. The highest BCUT2D eigenvalue weighted by molar-refractivity contribution is 5.77. The number of guanidine groups is 1. The lowest BCUT2D eigenvalue weighted by Crippen LogP contribution is -2.32. The van der Waals surface area contributed by atoms with Crippen LogP contribution in [-0.2, 0) is 0 Å². The molecule has 6 heteroatoms. The highest BCUT2D eigenvalue weighted by atomic mass is 19.4. The van der Waals surface area contributed by atoms with E-state index in [2.05, 4.69) is 4.99 Å². The molecule has 0 aliphatic carbocycles. The lowest BCUT2D eigenvalue weighted by Gasteiger charge is -2.10. The molecule has 3 nitrogen and oxygen atoms in total. The maximum Gasteiger partial charge on any atom is 0.506 e. The maximum atomic E-state index is 11.4. The molecule has 0 aliphatic heterocycles. The predicted octanol–water partition coefficient (Wildman–Crippen LogP) is 0.383. The minimum Gasteiger partial charge on any atom is -0.370 e. The van der Waals surface area contributed by atoms with E-state index >= 15 is 0 Å². The number of hydrogen-bond donors (Lipinski definition) is 1. The molecule has 0 spiro atoms. The van der Waals surface area contributed by atoms with Gasteiger partial charge in [-0.15, -0.1) is 13.2 Å². The van der Waals surface area contributed by atoms with Crippen LogP contribution in [0, 0.1) is 0 Å². The molecule has 0 rings (SSSR count). The molecule has 2 N–H and O–H groups in total. The van der Waals surface area contributed by atoms with Gasteiger partial charge in [0.05, 0.1) is 0 Å². The molecule has 0 amide bonds. The van der Waals surface area contributed by atoms with Crippen molar-refractivity contribution < 1.29 is 13.2 Å². The van der Waals surface area contributed by atoms with Gasteiger partial charge in [-0.2, -0.15) is 4.99 Å². The second-order valence-electron chi connectivity index (χ2n) is 1.83. The van der Waals surface area contributed by atoms with E-state index in [-0.39, 0.29) is 0 Å². The van der Waals surface area contributed by atoms with Crippen LogP contribution in [0.4, 0.5) is 13.2 Å². The molecule has 0 aromatic carbocycles. The summed E-state index contributed by atoms with van der Waals surface area (Å²) in [4.78, 5) is 3.31. The smallest absolute Gasteiger partial charge is 0.370 e. The van der Waals surface area contributed by atoms with Crippen molar-refractivity contribution in [1.29, 1.82) is 0 Å². The zero-order chi connectivity index (χ0) is 8.36. The molecule has 0 atom stereocenters. The van der Waals surface area contributed by atoms with Crippen molar-refractivity contribution in [3.8, 4) is 0 Å². The average molecular weight is 155 g/mol. The fraction of sp³-hybridized carbons (Fsp3) is 0.750. The number of alkyl halides is 3. The van der Waals surface area contributed by atoms with Gasteiger partial charge in [-0.3, -0.25) is 0 Å². The third kappa shape index (κ3) is 3.99. The van der Waals surface area contributed by atoms with Crippen LogP contribution in [0.25, 0.3) is 0 Å². The molecule has 0 aromatic heterocycles. The van der Waals surface area contributed by atoms with E-state index in [1.807, 2.05) is 0 Å². The first-order chi connectivity index (χ1) is 4.33. The number of nitrogens with two attached hydrogens (primary N) is 1. The number of halogens is 3. The van der Waals surface area contributed by atoms with Crippen molar-refractivity contribution in [2.24, 2.45) is 10.7 Å². The first-order valence-corrected chi connectivity index (χ1v) is 2.42. The van der Waals surface area contributed by atoms with Gasteiger partial charge < -0.3 is 10.6 Å². The van der Waals surface area contributed by atoms with Crippen LogP contribution in [0.5, 0.6) is 0 Å². The van der Waals surface area contributed by atoms with Crippen LogP contribution in [0.2, 0.25) is 0 Å². The van der Waals surface area contributed by atoms with Gasteiger partial charge >= 0.3 is 6.30 Å². The molecule has 0 saturated heterocycles. The zero-order valence-corrected chi connectivity index (χ0v) is 5.61. The third-order valence-corrected chi connectivity index (χ3v) is 0.700. The van der Waals surface area contributed by atoms with Crippen LogP contribution in [0.15, 0.2) is 4.99 Å². The quantitative estimate of drug-likeness (QED) is 0.312. The Balaban J connectivity index is 4.17. The number of hydrogen-bond acceptors (Lipinski definition) is 1. The Kier molecular flexibility index (Phi) is 2.50. The van der Waals surface area contributed by atoms with Crippen molar-refractivity contribution >= 4 is 5.96 Å². The second-order valence-corrected chi connectivity index (χ2v) is 1.83. The summed E-state index contributed by atoms with van der Waals surface area (Å²) in [5.41, 5.74) is 4.86. The molecule has 0 unspecified atom stereocenters. The summed E-state index contributed by atoms with van der Waals surface area (Å²) in [6, 6.07) is 0. The topological polar surface area (TPSA) is 41.6 Å². The van der Waals surface area contributed by atoms with E-state index in [1.54, 1.807) is 0 Å². The summed E-state index contributed by atoms with van der Waals surface area (Å²) in [7, 11) is 2.76. The van der Waals surface area contributed by atoms with Crippen molar-refractivity contribution in [1.82, 2.24) is 4.90 Å². The minimum absolute atomic E-state index is 0.549. The van der Waals surface area contributed by atoms with Crippen molar-refractivity contribution in [2.75, 3.05) is 14.1 Å². The molecule has 10 heavy (non-hydrogen) atoms. The van der Waals surface area contributed by atoms with Crippen molar-refractivity contribution in [3.05, 3.63) is 0 Å². The fourth-order valence-corrected chi connectivity index (χ4v) is 0.230. The average Bonchev–Trinajstić information content (AvgIpc) is 1.60. The lowest BCUT2D eigenvalue weighted by molar-refractivity contribution is -0.120. The molecule has 0 aromatic rings. The summed E-state index contributed by atoms with van der Waals surface area (Å²) >= 11 is 0. The van der Waals surface area contributed by atoms with Gasteiger partial charge in [0.15, 0.2) is 5.96 Å². The fourth-order valence-electron chi connectivity index (χ4n) is 0.230. The molecule has 0 fully saturated rings. The molecular weight excluding hydrogens is 147 g/mol. The lowest BCUT2D eigenvalue weighted by atomic mass is 10.8. The van der Waals surface area contributed by atoms with Crippen LogP contribution >= 0.6 is 0 Å². The standard InChI is InChI=1S/C4H8F3N3/c1-10(2)3(8)9-4(5,6)7/h1-2H3,(H2,8,9). The molecule has 0 aliphatic rings. The Morgan fingerprint density at radius 3 is 1.90 bits per heavy atom. The minimum atomic E-state index is -4.58. The Morgan fingerprint density at radius 1 is 1.40 bits per heavy atom. The van der Waals surface area contributed by atoms with Gasteiger partial charge in [-0.25, -0.2) is 0 Å². The summed E-state index contributed by atoms with van der Waals surface area (Å²) in [5, 5.41) is 0. The van der Waals surface area contributed by atoms with Gasteiger partial charge in [0.2, 0.25) is 0 Å². The Hall–Kier alpha value is -0.940. The molecule has 0 saturated carbocycles. The van der Waals surface area contributed by atoms with E-state index in [4.69, 9.17) is 5.73 Å². The van der Waals surface area contributed by atoms with E-state index in [9.17, 15) is 13.2 Å². The van der Waals surface area contributed by atoms with Gasteiger partial charge in [-0.05, 0) is 0 Å². The largest absolute Gasteiger partial charge is 0.506 e. The van der Waals surface area contributed by atoms with E-state index in [0.717, 1.165) is 4.90 Å². The first-order valence-electron chi connectivity index (χ1n) is 2.42. The number of nitrogens with zero attached hydrogens (tertiary/aromatic N) is 2. The van der Waals surface area contributed by atoms with Gasteiger partial charge in [0, 0.05) is 14.1 Å². The van der Waals surface area contributed by atoms with Crippen LogP contribution in [0.3, 0.4) is 0 Å². The van der Waals surface area contributed by atoms with Crippen LogP contribution in [-0.4, -0.2) is 31.3 Å². The Bertz CT molecular complexity index is 137. The summed E-state index contributed by atoms with van der Waals surface area (Å²) in [6.07, 6.45) is -4.58. The van der Waals surface area contributed by atoms with E-state index in [1.165, 1.54) is 14.1 Å². The third-order valence-electron chi connectivity index (χ3n) is 0.700. The molecule has 60 valence electrons. The predicted molar refractivity (Wildman–Crippen MR) is 31.4 cm³/mol. The summed E-state index contributed by atoms with van der Waals surface area (Å²) in [6.45, 7) is 0. The van der Waals surface area contributed by atoms with Gasteiger partial charge in [-0.1, -0.05) is 0 Å². The van der Waals surface area contributed by atoms with E-state index < -0.39 is 12.3 Å². The highest BCUT2D eigenvalue weighted by Crippen LogP contribution is 2.15. The van der Waals surface area contributed by atoms with Crippen LogP contribution in [0.1, 0.15) is 0 Å². The van der Waals surface area contributed by atoms with Gasteiger partial charge in [0.25, 0.3) is 0 Å². The second kappa shape index (κ2) is 2.76. The Morgan fingerprint density at radius 2 is 1.80 bits per heavy atom. The SMILES string of the molecule is CN(C)C(N)=NC(F)(F)F. The number of rotatable bonds is 0. The Labute approximate surface area is 56.3 Å². The molecule has 0 bridgehead atoms. The number of aliphatic imine (C=N–C) groups is 1. The van der Waals surface area contributed by atoms with Crippen molar-refractivity contribution in [3.63, 3.8) is 0 Å². The molecular formula is C4H8F3N3. The highest BCUT2D eigenvalue weighted by Gasteiger charge is 2.26. The van der Waals surface area contributed by atoms with Crippen molar-refractivity contribution in [2.45, 2.75) is 6.30 Å². The van der Waals surface area contributed by atoms with Gasteiger partial charge in [0.1, 0.15) is 0 Å². The summed E-state index contributed by atoms with van der Waals surface area (Å²) < 4.78 is 34.1. The first kappa shape index (κ1) is 9.06. The van der Waals surface area contributed by atoms with Crippen LogP contribution < -0.4 is 5.73 Å². The molecule has 0 heterocycles. The van der Waals surface area contributed by atoms with E-state index in [0.29, 0.717) is 0 Å².